The highest BCUT2D eigenvalue weighted by Gasteiger charge is 2.51. The Hall–Kier alpha value is -1.09. The summed E-state index contributed by atoms with van der Waals surface area (Å²) in [5.74, 6) is -0.483. The van der Waals surface area contributed by atoms with Crippen LogP contribution in [-0.2, 0) is 28.5 Å². The summed E-state index contributed by atoms with van der Waals surface area (Å²) in [4.78, 5) is 11.8. The van der Waals surface area contributed by atoms with E-state index in [4.69, 9.17) is 28.8 Å². The van der Waals surface area contributed by atoms with Crippen LogP contribution in [0.15, 0.2) is 0 Å². The van der Waals surface area contributed by atoms with Crippen molar-refractivity contribution in [2.24, 2.45) is 0 Å². The first-order chi connectivity index (χ1) is 17.5. The summed E-state index contributed by atoms with van der Waals surface area (Å²) in [6, 6.07) is -0.943. The number of rotatable bonds is 7. The van der Waals surface area contributed by atoms with E-state index in [9.17, 15) is 45.6 Å². The van der Waals surface area contributed by atoms with Gasteiger partial charge in [-0.1, -0.05) is 0 Å². The number of carbonyl (C=O) groups excluding carboxylic acids is 1. The quantitative estimate of drug-likeness (QED) is 0.143. The second kappa shape index (κ2) is 14.3. The summed E-state index contributed by atoms with van der Waals surface area (Å²) in [7, 11) is 1.00. The van der Waals surface area contributed by atoms with E-state index in [1.54, 1.807) is 0 Å². The Kier molecular flexibility index (Phi) is 12.4. The molecule has 3 aliphatic rings. The minimum atomic E-state index is -1.77. The van der Waals surface area contributed by atoms with Crippen molar-refractivity contribution in [3.63, 3.8) is 0 Å². The molecule has 0 bridgehead atoms. The molecule has 10 N–H and O–H groups in total. The molecule has 0 aromatic carbocycles. The Morgan fingerprint density at radius 2 is 1.30 bits per heavy atom. The van der Waals surface area contributed by atoms with Crippen LogP contribution in [0.1, 0.15) is 13.8 Å². The van der Waals surface area contributed by atoms with E-state index < -0.39 is 105 Å². The van der Waals surface area contributed by atoms with Crippen LogP contribution in [0.25, 0.3) is 0 Å². The van der Waals surface area contributed by atoms with Gasteiger partial charge in [0, 0.05) is 14.0 Å². The van der Waals surface area contributed by atoms with Gasteiger partial charge in [-0.05, 0) is 6.92 Å². The molecule has 1 amide bonds. The van der Waals surface area contributed by atoms with Gasteiger partial charge >= 0.3 is 0 Å². The number of ether oxygens (including phenoxy) is 5. The molecule has 3 saturated heterocycles. The van der Waals surface area contributed by atoms with Crippen molar-refractivity contribution in [1.29, 1.82) is 0 Å². The lowest BCUT2D eigenvalue weighted by atomic mass is 9.95. The maximum absolute atomic E-state index is 11.8. The number of hydrogen-bond donors (Lipinski definition) is 10. The molecule has 16 nitrogen and oxygen atoms in total. The predicted molar refractivity (Wildman–Crippen MR) is 118 cm³/mol. The lowest BCUT2D eigenvalue weighted by Crippen LogP contribution is -2.67. The summed E-state index contributed by atoms with van der Waals surface area (Å²) in [6.07, 6.45) is -18.8. The Labute approximate surface area is 212 Å². The lowest BCUT2D eigenvalue weighted by molar-refractivity contribution is -0.356. The minimum Gasteiger partial charge on any atom is -0.400 e. The molecule has 3 heterocycles. The smallest absolute Gasteiger partial charge is 0.217 e. The Morgan fingerprint density at radius 1 is 0.784 bits per heavy atom. The van der Waals surface area contributed by atoms with Gasteiger partial charge in [0.25, 0.3) is 0 Å². The number of aliphatic hydroxyl groups excluding tert-OH is 9. The Morgan fingerprint density at radius 3 is 1.84 bits per heavy atom. The maximum Gasteiger partial charge on any atom is 0.217 e. The highest BCUT2D eigenvalue weighted by Crippen LogP contribution is 2.31. The lowest BCUT2D eigenvalue weighted by Gasteiger charge is -2.48. The maximum atomic E-state index is 11.8. The highest BCUT2D eigenvalue weighted by atomic mass is 16.7. The van der Waals surface area contributed by atoms with Crippen molar-refractivity contribution in [2.75, 3.05) is 26.9 Å². The second-order valence-electron chi connectivity index (χ2n) is 8.94. The summed E-state index contributed by atoms with van der Waals surface area (Å²) >= 11 is 0. The zero-order valence-corrected chi connectivity index (χ0v) is 20.7. The fourth-order valence-electron chi connectivity index (χ4n) is 4.35. The van der Waals surface area contributed by atoms with E-state index in [0.29, 0.717) is 0 Å². The molecule has 14 atom stereocenters. The first kappa shape index (κ1) is 32.1. The second-order valence-corrected chi connectivity index (χ2v) is 8.94. The monoisotopic (exact) mass is 545 g/mol. The number of carbonyl (C=O) groups is 1. The van der Waals surface area contributed by atoms with Gasteiger partial charge in [-0.3, -0.25) is 4.79 Å². The minimum absolute atomic E-state index is 0.168. The van der Waals surface area contributed by atoms with Crippen LogP contribution in [0.5, 0.6) is 0 Å². The van der Waals surface area contributed by atoms with Gasteiger partial charge in [0.05, 0.1) is 32.0 Å². The van der Waals surface area contributed by atoms with Crippen molar-refractivity contribution in [2.45, 2.75) is 99.6 Å². The summed E-state index contributed by atoms with van der Waals surface area (Å²) < 4.78 is 28.2. The van der Waals surface area contributed by atoms with Gasteiger partial charge in [0.2, 0.25) is 5.91 Å². The third kappa shape index (κ3) is 7.31. The first-order valence-electron chi connectivity index (χ1n) is 11.8. The molecule has 16 heteroatoms. The molecular weight excluding hydrogens is 506 g/mol. The number of aliphatic hydroxyl groups is 9. The number of amides is 1. The van der Waals surface area contributed by atoms with Crippen LogP contribution in [-0.4, -0.2) is 165 Å². The van der Waals surface area contributed by atoms with Crippen LogP contribution >= 0.6 is 0 Å². The molecule has 3 rings (SSSR count). The van der Waals surface area contributed by atoms with Gasteiger partial charge in [0.1, 0.15) is 61.0 Å². The van der Waals surface area contributed by atoms with Crippen molar-refractivity contribution in [3.05, 3.63) is 0 Å². The van der Waals surface area contributed by atoms with Crippen LogP contribution in [0.2, 0.25) is 0 Å². The third-order valence-electron chi connectivity index (χ3n) is 6.38. The Bertz CT molecular complexity index is 701. The Balaban J connectivity index is 0.00000235. The molecule has 0 spiro atoms. The molecule has 37 heavy (non-hydrogen) atoms. The molecule has 3 fully saturated rings. The molecule has 0 saturated carbocycles. The van der Waals surface area contributed by atoms with E-state index in [1.165, 1.54) is 13.8 Å². The normalized spacial score (nSPS) is 46.5. The first-order valence-corrected chi connectivity index (χ1v) is 11.8. The standard InChI is InChI=1S/C20H35NO14.CH4O/c1-6-11(25)13(27)15(29)19(32-6)35-18-10(4-23)31-5-8(21-7(2)24)17(18)34-20-16(30)14(28)12(26)9(3-22)33-20;1-2/h6,8-20,22-23,25-30H,3-5H2,1-2H3,(H,21,24);2H,1H3/t6?,8-,9?,10?,11?,12?,13?,14?,15?,16?,17?,18?,19?,20?;/m1./s1. The zero-order chi connectivity index (χ0) is 28.0. The van der Waals surface area contributed by atoms with Gasteiger partial charge in [-0.15, -0.1) is 0 Å². The molecule has 3 aliphatic heterocycles. The van der Waals surface area contributed by atoms with Crippen molar-refractivity contribution in [3.8, 4) is 0 Å². The van der Waals surface area contributed by atoms with E-state index in [1.807, 2.05) is 0 Å². The molecule has 0 radical (unpaired) electrons. The van der Waals surface area contributed by atoms with Crippen LogP contribution in [0.4, 0.5) is 0 Å². The topological polar surface area (TPSA) is 257 Å². The van der Waals surface area contributed by atoms with E-state index >= 15 is 0 Å². The predicted octanol–water partition coefficient (Wildman–Crippen LogP) is -6.11. The molecule has 0 aromatic rings. The van der Waals surface area contributed by atoms with Gasteiger partial charge in [-0.25, -0.2) is 0 Å². The molecule has 0 aromatic heterocycles. The third-order valence-corrected chi connectivity index (χ3v) is 6.38. The van der Waals surface area contributed by atoms with Gasteiger partial charge in [-0.2, -0.15) is 0 Å². The summed E-state index contributed by atoms with van der Waals surface area (Å²) in [5.41, 5.74) is 0. The van der Waals surface area contributed by atoms with Crippen molar-refractivity contribution in [1.82, 2.24) is 5.32 Å². The average molecular weight is 546 g/mol. The number of nitrogens with one attached hydrogen (secondary N) is 1. The van der Waals surface area contributed by atoms with Gasteiger partial charge in [0.15, 0.2) is 12.6 Å². The number of hydrogen-bond acceptors (Lipinski definition) is 15. The average Bonchev–Trinajstić information content (AvgIpc) is 2.88. The summed E-state index contributed by atoms with van der Waals surface area (Å²) in [5, 5.41) is 89.9. The van der Waals surface area contributed by atoms with E-state index in [2.05, 4.69) is 5.32 Å². The fraction of sp³-hybridized carbons (Fsp3) is 0.952. The molecule has 218 valence electrons. The molecule has 0 aliphatic carbocycles. The van der Waals surface area contributed by atoms with Crippen LogP contribution < -0.4 is 5.32 Å². The summed E-state index contributed by atoms with van der Waals surface area (Å²) in [6.45, 7) is 1.20. The van der Waals surface area contributed by atoms with Crippen LogP contribution in [0, 0.1) is 0 Å². The molecular formula is C21H39NO15. The molecule has 13 unspecified atom stereocenters. The van der Waals surface area contributed by atoms with Gasteiger partial charge < -0.3 is 75.0 Å². The van der Waals surface area contributed by atoms with Crippen LogP contribution in [0.3, 0.4) is 0 Å². The van der Waals surface area contributed by atoms with Crippen molar-refractivity contribution >= 4 is 5.91 Å². The van der Waals surface area contributed by atoms with E-state index in [-0.39, 0.29) is 6.61 Å². The van der Waals surface area contributed by atoms with E-state index in [0.717, 1.165) is 7.11 Å². The SMILES string of the molecule is CC(=O)N[C@@H]1COC(CO)C(OC2OC(C)C(O)C(O)C2O)C1OC1OC(CO)C(O)C(O)C1O.CO. The zero-order valence-electron chi connectivity index (χ0n) is 20.7. The fourth-order valence-corrected chi connectivity index (χ4v) is 4.35. The largest absolute Gasteiger partial charge is 0.400 e. The van der Waals surface area contributed by atoms with Crippen molar-refractivity contribution < 1.29 is 74.4 Å². The highest BCUT2D eigenvalue weighted by molar-refractivity contribution is 5.73.